The first-order valence-corrected chi connectivity index (χ1v) is 11.7. The van der Waals surface area contributed by atoms with E-state index in [1.54, 1.807) is 0 Å². The average Bonchev–Trinajstić information content (AvgIpc) is 3.15. The van der Waals surface area contributed by atoms with Crippen molar-refractivity contribution in [1.29, 1.82) is 0 Å². The Morgan fingerprint density at radius 2 is 1.59 bits per heavy atom. The minimum atomic E-state index is -0.664. The van der Waals surface area contributed by atoms with E-state index in [0.717, 1.165) is 31.2 Å². The molecule has 1 aliphatic heterocycles. The van der Waals surface area contributed by atoms with Gasteiger partial charge in [0.25, 0.3) is 0 Å². The summed E-state index contributed by atoms with van der Waals surface area (Å²) >= 11 is 0. The van der Waals surface area contributed by atoms with Crippen LogP contribution in [0, 0.1) is 5.41 Å². The molecule has 1 saturated carbocycles. The Morgan fingerprint density at radius 3 is 2.22 bits per heavy atom. The van der Waals surface area contributed by atoms with Crippen LogP contribution in [0.2, 0.25) is 0 Å². The zero-order chi connectivity index (χ0) is 19.2. The van der Waals surface area contributed by atoms with Crippen LogP contribution in [-0.4, -0.2) is 35.8 Å². The standard InChI is InChI=1S/C25H42NO/c1-3-19-26(20-11-5-12-21-26)22-13-10-18-25(27,23-14-6-4-7-15-23)24(2)16-8-9-17-24/h4,6-7,14-15,27H,3,5,8-13,16-22H2,1-2H3/q+1. The molecule has 2 fully saturated rings. The SMILES string of the molecule is CCC[N+]1(CCCCC(O)(c2ccccc2)C2(C)CCCC2)CCCCC1. The fraction of sp³-hybridized carbons (Fsp3) is 0.760. The third kappa shape index (κ3) is 4.59. The summed E-state index contributed by atoms with van der Waals surface area (Å²) in [5, 5.41) is 11.9. The van der Waals surface area contributed by atoms with Crippen LogP contribution in [0.5, 0.6) is 0 Å². The van der Waals surface area contributed by atoms with Crippen LogP contribution >= 0.6 is 0 Å². The second-order valence-corrected chi connectivity index (χ2v) is 9.75. The maximum absolute atomic E-state index is 11.9. The third-order valence-corrected chi connectivity index (χ3v) is 7.84. The Labute approximate surface area is 167 Å². The number of aliphatic hydroxyl groups is 1. The minimum Gasteiger partial charge on any atom is -0.385 e. The molecule has 3 rings (SSSR count). The molecule has 0 bridgehead atoms. The van der Waals surface area contributed by atoms with Crippen LogP contribution in [0.15, 0.2) is 30.3 Å². The van der Waals surface area contributed by atoms with Gasteiger partial charge in [0.1, 0.15) is 0 Å². The Balaban J connectivity index is 1.65. The quantitative estimate of drug-likeness (QED) is 0.414. The van der Waals surface area contributed by atoms with E-state index in [2.05, 4.69) is 44.2 Å². The normalized spacial score (nSPS) is 23.8. The van der Waals surface area contributed by atoms with Gasteiger partial charge in [-0.05, 0) is 63.4 Å². The molecule has 152 valence electrons. The lowest BCUT2D eigenvalue weighted by Gasteiger charge is -2.44. The van der Waals surface area contributed by atoms with Crippen LogP contribution in [0.4, 0.5) is 0 Å². The number of hydrogen-bond acceptors (Lipinski definition) is 1. The van der Waals surface area contributed by atoms with Crippen molar-refractivity contribution >= 4 is 0 Å². The molecule has 0 radical (unpaired) electrons. The van der Waals surface area contributed by atoms with Crippen LogP contribution in [0.3, 0.4) is 0 Å². The second-order valence-electron chi connectivity index (χ2n) is 9.75. The van der Waals surface area contributed by atoms with Crippen molar-refractivity contribution in [1.82, 2.24) is 0 Å². The summed E-state index contributed by atoms with van der Waals surface area (Å²) in [6, 6.07) is 10.6. The van der Waals surface area contributed by atoms with Crippen molar-refractivity contribution in [2.75, 3.05) is 26.2 Å². The molecule has 0 amide bonds. The smallest absolute Gasteiger partial charge is 0.0949 e. The van der Waals surface area contributed by atoms with E-state index in [4.69, 9.17) is 0 Å². The van der Waals surface area contributed by atoms with Gasteiger partial charge in [-0.25, -0.2) is 0 Å². The number of piperidine rings is 1. The van der Waals surface area contributed by atoms with E-state index < -0.39 is 5.60 Å². The molecule has 1 N–H and O–H groups in total. The van der Waals surface area contributed by atoms with E-state index in [0.29, 0.717) is 0 Å². The molecular weight excluding hydrogens is 330 g/mol. The van der Waals surface area contributed by atoms with Gasteiger partial charge in [-0.2, -0.15) is 0 Å². The monoisotopic (exact) mass is 372 g/mol. The number of nitrogens with zero attached hydrogens (tertiary/aromatic N) is 1. The number of unbranched alkanes of at least 4 members (excludes halogenated alkanes) is 1. The zero-order valence-electron chi connectivity index (χ0n) is 17.9. The van der Waals surface area contributed by atoms with Crippen molar-refractivity contribution in [3.05, 3.63) is 35.9 Å². The van der Waals surface area contributed by atoms with Crippen molar-refractivity contribution in [3.8, 4) is 0 Å². The predicted molar refractivity (Wildman–Crippen MR) is 115 cm³/mol. The summed E-state index contributed by atoms with van der Waals surface area (Å²) in [5.41, 5.74) is 0.516. The zero-order valence-corrected chi connectivity index (χ0v) is 17.9. The van der Waals surface area contributed by atoms with E-state index in [9.17, 15) is 5.11 Å². The molecule has 1 unspecified atom stereocenters. The van der Waals surface area contributed by atoms with Crippen LogP contribution in [-0.2, 0) is 5.60 Å². The Kier molecular flexibility index (Phi) is 7.03. The highest BCUT2D eigenvalue weighted by molar-refractivity contribution is 5.25. The first-order chi connectivity index (χ1) is 13.0. The number of quaternary nitrogens is 1. The Hall–Kier alpha value is -0.860. The van der Waals surface area contributed by atoms with Gasteiger partial charge < -0.3 is 9.59 Å². The van der Waals surface area contributed by atoms with Gasteiger partial charge in [0.2, 0.25) is 0 Å². The lowest BCUT2D eigenvalue weighted by molar-refractivity contribution is -0.932. The van der Waals surface area contributed by atoms with Gasteiger partial charge >= 0.3 is 0 Å². The Morgan fingerprint density at radius 1 is 0.926 bits per heavy atom. The third-order valence-electron chi connectivity index (χ3n) is 7.84. The van der Waals surface area contributed by atoms with Gasteiger partial charge in [0.15, 0.2) is 0 Å². The molecular formula is C25H42NO+. The molecule has 2 aliphatic rings. The first kappa shape index (κ1) is 20.9. The van der Waals surface area contributed by atoms with Gasteiger partial charge in [0.05, 0.1) is 31.8 Å². The highest BCUT2D eigenvalue weighted by Gasteiger charge is 2.48. The molecule has 0 spiro atoms. The van der Waals surface area contributed by atoms with Crippen LogP contribution in [0.1, 0.15) is 90.0 Å². The molecule has 2 nitrogen and oxygen atoms in total. The van der Waals surface area contributed by atoms with E-state index in [1.165, 1.54) is 75.6 Å². The summed E-state index contributed by atoms with van der Waals surface area (Å²) in [7, 11) is 0. The fourth-order valence-corrected chi connectivity index (χ4v) is 6.12. The molecule has 0 aromatic heterocycles. The molecule has 1 aliphatic carbocycles. The number of hydrogen-bond donors (Lipinski definition) is 1. The number of benzene rings is 1. The minimum absolute atomic E-state index is 0.0369. The molecule has 1 aromatic carbocycles. The lowest BCUT2D eigenvalue weighted by Crippen LogP contribution is -2.52. The van der Waals surface area contributed by atoms with Crippen molar-refractivity contribution < 1.29 is 9.59 Å². The van der Waals surface area contributed by atoms with Gasteiger partial charge in [-0.1, -0.05) is 57.0 Å². The average molecular weight is 373 g/mol. The summed E-state index contributed by atoms with van der Waals surface area (Å²) < 4.78 is 1.34. The van der Waals surface area contributed by atoms with E-state index in [-0.39, 0.29) is 5.41 Å². The lowest BCUT2D eigenvalue weighted by atomic mass is 9.66. The van der Waals surface area contributed by atoms with E-state index >= 15 is 0 Å². The molecule has 1 atom stereocenters. The maximum atomic E-state index is 11.9. The summed E-state index contributed by atoms with van der Waals surface area (Å²) in [6.45, 7) is 10.1. The first-order valence-electron chi connectivity index (χ1n) is 11.7. The van der Waals surface area contributed by atoms with Crippen molar-refractivity contribution in [2.45, 2.75) is 90.1 Å². The van der Waals surface area contributed by atoms with Gasteiger partial charge in [-0.15, -0.1) is 0 Å². The maximum Gasteiger partial charge on any atom is 0.0949 e. The fourth-order valence-electron chi connectivity index (χ4n) is 6.12. The molecule has 27 heavy (non-hydrogen) atoms. The molecule has 1 heterocycles. The number of likely N-dealkylation sites (tertiary alicyclic amines) is 1. The largest absolute Gasteiger partial charge is 0.385 e. The summed E-state index contributed by atoms with van der Waals surface area (Å²) in [6.07, 6.45) is 13.7. The molecule has 1 saturated heterocycles. The van der Waals surface area contributed by atoms with Crippen molar-refractivity contribution in [2.24, 2.45) is 5.41 Å². The van der Waals surface area contributed by atoms with Gasteiger partial charge in [-0.3, -0.25) is 0 Å². The van der Waals surface area contributed by atoms with Crippen LogP contribution < -0.4 is 0 Å². The highest BCUT2D eigenvalue weighted by atomic mass is 16.3. The predicted octanol–water partition coefficient (Wildman–Crippen LogP) is 6.04. The second kappa shape index (κ2) is 9.09. The van der Waals surface area contributed by atoms with Crippen molar-refractivity contribution in [3.63, 3.8) is 0 Å². The Bertz CT molecular complexity index is 551. The summed E-state index contributed by atoms with van der Waals surface area (Å²) in [5.74, 6) is 0. The topological polar surface area (TPSA) is 20.2 Å². The molecule has 1 aromatic rings. The number of rotatable bonds is 9. The van der Waals surface area contributed by atoms with Crippen LogP contribution in [0.25, 0.3) is 0 Å². The van der Waals surface area contributed by atoms with Gasteiger partial charge in [0, 0.05) is 5.41 Å². The summed E-state index contributed by atoms with van der Waals surface area (Å²) in [4.78, 5) is 0. The molecule has 2 heteroatoms. The highest BCUT2D eigenvalue weighted by Crippen LogP contribution is 2.53. The van der Waals surface area contributed by atoms with E-state index in [1.807, 2.05) is 0 Å².